The molecule has 2 aromatic rings. The van der Waals surface area contributed by atoms with Gasteiger partial charge in [-0.05, 0) is 17.7 Å². The molecule has 1 aromatic heterocycles. The summed E-state index contributed by atoms with van der Waals surface area (Å²) in [5.74, 6) is 0. The molecule has 0 spiro atoms. The first-order valence-electron chi connectivity index (χ1n) is 6.61. The quantitative estimate of drug-likeness (QED) is 0.820. The highest BCUT2D eigenvalue weighted by molar-refractivity contribution is 7.82. The summed E-state index contributed by atoms with van der Waals surface area (Å²) < 4.78 is 54.5. The summed E-state index contributed by atoms with van der Waals surface area (Å²) in [4.78, 5) is 11.4. The van der Waals surface area contributed by atoms with E-state index in [2.05, 4.69) is 5.10 Å². The number of halogens is 4. The Labute approximate surface area is 143 Å². The van der Waals surface area contributed by atoms with Crippen LogP contribution in [0, 0.1) is 0 Å². The number of benzene rings is 1. The van der Waals surface area contributed by atoms with Gasteiger partial charge in [0.25, 0.3) is 5.56 Å². The topological polar surface area (TPSA) is 55.2 Å². The maximum atomic E-state index is 13.5. The van der Waals surface area contributed by atoms with Gasteiger partial charge in [-0.1, -0.05) is 23.7 Å². The van der Waals surface area contributed by atoms with Crippen LogP contribution in [0.3, 0.4) is 0 Å². The van der Waals surface area contributed by atoms with E-state index in [-0.39, 0.29) is 10.5 Å². The zero-order valence-electron chi connectivity index (χ0n) is 12.6. The molecule has 0 aliphatic heterocycles. The van der Waals surface area contributed by atoms with Crippen molar-refractivity contribution < 1.29 is 17.4 Å². The van der Waals surface area contributed by atoms with E-state index in [4.69, 9.17) is 11.6 Å². The Kier molecular flexibility index (Phi) is 5.46. The first-order valence-corrected chi connectivity index (χ1v) is 8.10. The van der Waals surface area contributed by atoms with E-state index in [1.165, 1.54) is 31.3 Å². The maximum Gasteiger partial charge on any atom is 0.409 e. The number of hydrogen-bond donors (Lipinski definition) is 0. The van der Waals surface area contributed by atoms with Crippen LogP contribution in [0.4, 0.5) is 13.2 Å². The lowest BCUT2D eigenvalue weighted by Gasteiger charge is -2.29. The Bertz CT molecular complexity index is 808. The number of aromatic nitrogens is 2. The zero-order chi connectivity index (χ0) is 18.1. The molecule has 0 radical (unpaired) electrons. The fourth-order valence-corrected chi connectivity index (χ4v) is 3.29. The molecule has 2 unspecified atom stereocenters. The van der Waals surface area contributed by atoms with E-state index < -0.39 is 28.8 Å². The minimum Gasteiger partial charge on any atom is -0.268 e. The Morgan fingerprint density at radius 2 is 1.88 bits per heavy atom. The van der Waals surface area contributed by atoms with E-state index in [1.54, 1.807) is 0 Å². The average molecular weight is 380 g/mol. The third-order valence-corrected chi connectivity index (χ3v) is 4.88. The van der Waals surface area contributed by atoms with Crippen LogP contribution in [0.25, 0.3) is 0 Å². The molecule has 0 saturated heterocycles. The summed E-state index contributed by atoms with van der Waals surface area (Å²) in [5.41, 5.74) is -0.677. The van der Waals surface area contributed by atoms with Gasteiger partial charge in [-0.3, -0.25) is 4.79 Å². The lowest BCUT2D eigenvalue weighted by molar-refractivity contribution is -0.170. The molecule has 1 aromatic carbocycles. The first-order chi connectivity index (χ1) is 11.1. The van der Waals surface area contributed by atoms with Crippen molar-refractivity contribution in [2.75, 3.05) is 7.05 Å². The average Bonchev–Trinajstić information content (AvgIpc) is 2.50. The number of aryl methyl sites for hydroxylation is 1. The molecule has 10 heteroatoms. The Hall–Kier alpha value is -1.71. The maximum absolute atomic E-state index is 13.5. The smallest absolute Gasteiger partial charge is 0.268 e. The molecule has 0 aliphatic carbocycles. The van der Waals surface area contributed by atoms with Gasteiger partial charge in [-0.15, -0.1) is 0 Å². The fourth-order valence-electron chi connectivity index (χ4n) is 2.06. The van der Waals surface area contributed by atoms with E-state index >= 15 is 0 Å². The summed E-state index contributed by atoms with van der Waals surface area (Å²) >= 11 is 5.70. The molecule has 0 amide bonds. The molecular formula is C14H13ClF3N3O2S. The minimum absolute atomic E-state index is 0.108. The van der Waals surface area contributed by atoms with Crippen LogP contribution in [0.2, 0.25) is 5.02 Å². The predicted molar refractivity (Wildman–Crippen MR) is 83.9 cm³/mol. The van der Waals surface area contributed by atoms with E-state index in [9.17, 15) is 22.2 Å². The van der Waals surface area contributed by atoms with Gasteiger partial charge in [0.05, 0.1) is 11.1 Å². The van der Waals surface area contributed by atoms with Crippen molar-refractivity contribution in [3.05, 3.63) is 57.5 Å². The summed E-state index contributed by atoms with van der Waals surface area (Å²) in [5, 5.41) is 3.96. The molecule has 0 saturated carbocycles. The van der Waals surface area contributed by atoms with Crippen molar-refractivity contribution in [3.8, 4) is 0 Å². The van der Waals surface area contributed by atoms with Crippen LogP contribution >= 0.6 is 11.6 Å². The molecule has 0 fully saturated rings. The van der Waals surface area contributed by atoms with Crippen molar-refractivity contribution >= 4 is 22.6 Å². The summed E-state index contributed by atoms with van der Waals surface area (Å²) in [6, 6.07) is 3.96. The van der Waals surface area contributed by atoms with Gasteiger partial charge in [0.2, 0.25) is 0 Å². The number of rotatable bonds is 4. The van der Waals surface area contributed by atoms with Gasteiger partial charge in [-0.25, -0.2) is 13.2 Å². The fraction of sp³-hybridized carbons (Fsp3) is 0.286. The molecule has 5 nitrogen and oxygen atoms in total. The van der Waals surface area contributed by atoms with Gasteiger partial charge in [0.1, 0.15) is 17.0 Å². The Balaban J connectivity index is 2.42. The van der Waals surface area contributed by atoms with Crippen molar-refractivity contribution in [1.29, 1.82) is 0 Å². The largest absolute Gasteiger partial charge is 0.409 e. The standard InChI is InChI=1S/C14H13ClF3N3O2S/c1-20-12(22)7-11(8-19-20)24(23)21(2)13(14(16,17)18)9-3-5-10(15)6-4-9/h3-8,13H,1-2H3. The van der Waals surface area contributed by atoms with Crippen molar-refractivity contribution in [2.45, 2.75) is 17.1 Å². The lowest BCUT2D eigenvalue weighted by atomic mass is 10.1. The van der Waals surface area contributed by atoms with Gasteiger partial charge in [0, 0.05) is 25.2 Å². The number of nitrogens with zero attached hydrogens (tertiary/aromatic N) is 3. The van der Waals surface area contributed by atoms with Crippen LogP contribution in [-0.4, -0.2) is 31.5 Å². The predicted octanol–water partition coefficient (Wildman–Crippen LogP) is 2.69. The molecule has 130 valence electrons. The SMILES string of the molecule is CN(C(c1ccc(Cl)cc1)C(F)(F)F)S(=O)c1cnn(C)c(=O)c1. The van der Waals surface area contributed by atoms with Crippen molar-refractivity contribution in [1.82, 2.24) is 14.1 Å². The normalized spacial score (nSPS) is 14.6. The van der Waals surface area contributed by atoms with Gasteiger partial charge in [-0.2, -0.15) is 18.3 Å². The summed E-state index contributed by atoms with van der Waals surface area (Å²) in [6.45, 7) is 0. The highest BCUT2D eigenvalue weighted by Crippen LogP contribution is 2.38. The molecule has 1 heterocycles. The summed E-state index contributed by atoms with van der Waals surface area (Å²) in [7, 11) is 0.225. The van der Waals surface area contributed by atoms with E-state index in [1.807, 2.05) is 0 Å². The number of hydrogen-bond acceptors (Lipinski definition) is 3. The molecule has 0 N–H and O–H groups in total. The first kappa shape index (κ1) is 18.6. The molecule has 2 rings (SSSR count). The van der Waals surface area contributed by atoms with E-state index in [0.29, 0.717) is 9.33 Å². The van der Waals surface area contributed by atoms with E-state index in [0.717, 1.165) is 24.0 Å². The lowest BCUT2D eigenvalue weighted by Crippen LogP contribution is -2.37. The third-order valence-electron chi connectivity index (χ3n) is 3.27. The highest BCUT2D eigenvalue weighted by Gasteiger charge is 2.45. The van der Waals surface area contributed by atoms with Crippen molar-refractivity contribution in [3.63, 3.8) is 0 Å². The van der Waals surface area contributed by atoms with Crippen LogP contribution in [-0.2, 0) is 18.0 Å². The van der Waals surface area contributed by atoms with Crippen LogP contribution in [0.15, 0.2) is 46.2 Å². The second kappa shape index (κ2) is 7.04. The molecular weight excluding hydrogens is 367 g/mol. The number of alkyl halides is 3. The molecule has 0 bridgehead atoms. The molecule has 0 aliphatic rings. The zero-order valence-corrected chi connectivity index (χ0v) is 14.2. The third kappa shape index (κ3) is 4.03. The minimum atomic E-state index is -4.68. The second-order valence-electron chi connectivity index (χ2n) is 4.94. The van der Waals surface area contributed by atoms with Crippen LogP contribution < -0.4 is 5.56 Å². The molecule has 24 heavy (non-hydrogen) atoms. The van der Waals surface area contributed by atoms with Crippen LogP contribution in [0.5, 0.6) is 0 Å². The van der Waals surface area contributed by atoms with Crippen molar-refractivity contribution in [2.24, 2.45) is 7.05 Å². The second-order valence-corrected chi connectivity index (χ2v) is 6.93. The van der Waals surface area contributed by atoms with Crippen LogP contribution in [0.1, 0.15) is 11.6 Å². The highest BCUT2D eigenvalue weighted by atomic mass is 35.5. The molecule has 2 atom stereocenters. The van der Waals surface area contributed by atoms with Gasteiger partial charge in [0.15, 0.2) is 0 Å². The Morgan fingerprint density at radius 1 is 1.29 bits per heavy atom. The van der Waals surface area contributed by atoms with Gasteiger partial charge < -0.3 is 0 Å². The summed E-state index contributed by atoms with van der Waals surface area (Å²) in [6.07, 6.45) is -3.57. The monoisotopic (exact) mass is 379 g/mol. The van der Waals surface area contributed by atoms with Gasteiger partial charge >= 0.3 is 6.18 Å². The Morgan fingerprint density at radius 3 is 2.38 bits per heavy atom.